The molecule has 3 rings (SSSR count). The number of aliphatic hydroxyl groups excluding tert-OH is 1. The first-order chi connectivity index (χ1) is 11.8. The molecule has 0 radical (unpaired) electrons. The van der Waals surface area contributed by atoms with Crippen LogP contribution in [0.2, 0.25) is 0 Å². The van der Waals surface area contributed by atoms with Gasteiger partial charge in [0.1, 0.15) is 5.60 Å². The van der Waals surface area contributed by atoms with Gasteiger partial charge in [0.15, 0.2) is 0 Å². The summed E-state index contributed by atoms with van der Waals surface area (Å²) in [5.41, 5.74) is 1.98. The van der Waals surface area contributed by atoms with E-state index in [1.807, 2.05) is 32.9 Å². The Labute approximate surface area is 148 Å². The van der Waals surface area contributed by atoms with Gasteiger partial charge in [-0.15, -0.1) is 0 Å². The summed E-state index contributed by atoms with van der Waals surface area (Å²) in [4.78, 5) is 21.9. The third-order valence-corrected chi connectivity index (χ3v) is 4.49. The van der Waals surface area contributed by atoms with E-state index in [4.69, 9.17) is 4.74 Å². The number of fused-ring (bicyclic) bond motifs is 1. The Hall–Kier alpha value is -2.08. The van der Waals surface area contributed by atoms with Gasteiger partial charge in [-0.25, -0.2) is 4.79 Å². The fourth-order valence-electron chi connectivity index (χ4n) is 3.02. The number of ether oxygens (including phenoxy) is 1. The number of hydrogen-bond donors (Lipinski definition) is 2. The zero-order valence-corrected chi connectivity index (χ0v) is 15.2. The van der Waals surface area contributed by atoms with Gasteiger partial charge in [-0.05, 0) is 51.7 Å². The van der Waals surface area contributed by atoms with Crippen molar-refractivity contribution in [3.63, 3.8) is 0 Å². The Kier molecular flexibility index (Phi) is 4.99. The molecule has 0 aromatic carbocycles. The van der Waals surface area contributed by atoms with Crippen LogP contribution in [0.4, 0.5) is 4.79 Å². The Morgan fingerprint density at radius 2 is 2.16 bits per heavy atom. The Bertz CT molecular complexity index is 744. The zero-order valence-electron chi connectivity index (χ0n) is 15.2. The lowest BCUT2D eigenvalue weighted by molar-refractivity contribution is 0.0171. The standard InChI is InChI=1S/C19H27N3O3/c1-19(2,3)25-18(24)22(10-13-5-4-6-13)11-15-7-14-9-20-16(12-23)8-17(14)21-15/h7-9,13,21,23H,4-6,10-12H2,1-3H3. The molecule has 2 N–H and O–H groups in total. The first-order valence-corrected chi connectivity index (χ1v) is 8.89. The number of amides is 1. The van der Waals surface area contributed by atoms with E-state index >= 15 is 0 Å². The Morgan fingerprint density at radius 3 is 2.76 bits per heavy atom. The molecule has 1 saturated carbocycles. The van der Waals surface area contributed by atoms with Crippen LogP contribution in [-0.2, 0) is 17.9 Å². The molecule has 0 atom stereocenters. The van der Waals surface area contributed by atoms with Crippen molar-refractivity contribution in [1.82, 2.24) is 14.9 Å². The lowest BCUT2D eigenvalue weighted by Gasteiger charge is -2.33. The summed E-state index contributed by atoms with van der Waals surface area (Å²) in [6.07, 6.45) is 5.07. The van der Waals surface area contributed by atoms with Gasteiger partial charge in [-0.1, -0.05) is 6.42 Å². The molecule has 2 heterocycles. The number of H-pyrrole nitrogens is 1. The average molecular weight is 345 g/mol. The molecule has 1 fully saturated rings. The highest BCUT2D eigenvalue weighted by Crippen LogP contribution is 2.28. The molecule has 0 aliphatic heterocycles. The highest BCUT2D eigenvalue weighted by Gasteiger charge is 2.27. The third-order valence-electron chi connectivity index (χ3n) is 4.49. The van der Waals surface area contributed by atoms with E-state index in [0.29, 0.717) is 18.2 Å². The van der Waals surface area contributed by atoms with Crippen LogP contribution in [0.25, 0.3) is 10.9 Å². The topological polar surface area (TPSA) is 78.4 Å². The average Bonchev–Trinajstić information content (AvgIpc) is 2.88. The molecule has 6 nitrogen and oxygen atoms in total. The van der Waals surface area contributed by atoms with Crippen molar-refractivity contribution in [2.45, 2.75) is 58.8 Å². The van der Waals surface area contributed by atoms with Crippen molar-refractivity contribution >= 4 is 17.0 Å². The summed E-state index contributed by atoms with van der Waals surface area (Å²) in [6, 6.07) is 3.84. The fraction of sp³-hybridized carbons (Fsp3) is 0.579. The predicted molar refractivity (Wildman–Crippen MR) is 96.0 cm³/mol. The molecular formula is C19H27N3O3. The van der Waals surface area contributed by atoms with E-state index in [-0.39, 0.29) is 12.7 Å². The van der Waals surface area contributed by atoms with Crippen molar-refractivity contribution in [3.05, 3.63) is 29.7 Å². The van der Waals surface area contributed by atoms with Crippen molar-refractivity contribution in [1.29, 1.82) is 0 Å². The molecular weight excluding hydrogens is 318 g/mol. The number of pyridine rings is 1. The van der Waals surface area contributed by atoms with Gasteiger partial charge in [-0.2, -0.15) is 0 Å². The number of rotatable bonds is 5. The second kappa shape index (κ2) is 7.04. The van der Waals surface area contributed by atoms with E-state index < -0.39 is 5.60 Å². The second-order valence-corrected chi connectivity index (χ2v) is 7.87. The minimum Gasteiger partial charge on any atom is -0.444 e. The number of carbonyl (C=O) groups excluding carboxylic acids is 1. The molecule has 2 aromatic rings. The maximum atomic E-state index is 12.6. The molecule has 1 aliphatic rings. The van der Waals surface area contributed by atoms with Gasteiger partial charge >= 0.3 is 6.09 Å². The number of carbonyl (C=O) groups is 1. The molecule has 2 aromatic heterocycles. The van der Waals surface area contributed by atoms with E-state index in [1.54, 1.807) is 11.1 Å². The summed E-state index contributed by atoms with van der Waals surface area (Å²) in [5, 5.41) is 10.2. The predicted octanol–water partition coefficient (Wildman–Crippen LogP) is 3.59. The van der Waals surface area contributed by atoms with Crippen LogP contribution in [0, 0.1) is 5.92 Å². The monoisotopic (exact) mass is 345 g/mol. The second-order valence-electron chi connectivity index (χ2n) is 7.87. The van der Waals surface area contributed by atoms with E-state index in [2.05, 4.69) is 9.97 Å². The van der Waals surface area contributed by atoms with Crippen LogP contribution in [0.5, 0.6) is 0 Å². The molecule has 1 aliphatic carbocycles. The fourth-order valence-corrected chi connectivity index (χ4v) is 3.02. The molecule has 0 unspecified atom stereocenters. The molecule has 25 heavy (non-hydrogen) atoms. The highest BCUT2D eigenvalue weighted by atomic mass is 16.6. The van der Waals surface area contributed by atoms with E-state index in [0.717, 1.165) is 23.1 Å². The molecule has 0 bridgehead atoms. The van der Waals surface area contributed by atoms with Crippen LogP contribution in [0.15, 0.2) is 18.3 Å². The van der Waals surface area contributed by atoms with Crippen molar-refractivity contribution in [2.75, 3.05) is 6.54 Å². The summed E-state index contributed by atoms with van der Waals surface area (Å²) in [7, 11) is 0. The zero-order chi connectivity index (χ0) is 18.0. The van der Waals surface area contributed by atoms with Gasteiger partial charge in [0.05, 0.1) is 18.8 Å². The van der Waals surface area contributed by atoms with E-state index in [9.17, 15) is 9.90 Å². The third kappa shape index (κ3) is 4.51. The molecule has 0 saturated heterocycles. The number of nitrogens with one attached hydrogen (secondary N) is 1. The van der Waals surface area contributed by atoms with Crippen molar-refractivity contribution in [3.8, 4) is 0 Å². The molecule has 0 spiro atoms. The summed E-state index contributed by atoms with van der Waals surface area (Å²) in [6.45, 7) is 6.78. The number of nitrogens with zero attached hydrogens (tertiary/aromatic N) is 2. The summed E-state index contributed by atoms with van der Waals surface area (Å²) < 4.78 is 5.58. The SMILES string of the molecule is CC(C)(C)OC(=O)N(Cc1cc2cnc(CO)cc2[nH]1)CC1CCC1. The molecule has 136 valence electrons. The van der Waals surface area contributed by atoms with Gasteiger partial charge < -0.3 is 19.7 Å². The number of aromatic amines is 1. The minimum atomic E-state index is -0.505. The maximum absolute atomic E-state index is 12.6. The number of aromatic nitrogens is 2. The van der Waals surface area contributed by atoms with Crippen molar-refractivity contribution < 1.29 is 14.6 Å². The van der Waals surface area contributed by atoms with Crippen LogP contribution < -0.4 is 0 Å². The lowest BCUT2D eigenvalue weighted by atomic mass is 9.85. The molecule has 1 amide bonds. The Balaban J connectivity index is 1.77. The normalized spacial score (nSPS) is 15.2. The van der Waals surface area contributed by atoms with Gasteiger partial charge in [0.25, 0.3) is 0 Å². The number of hydrogen-bond acceptors (Lipinski definition) is 4. The van der Waals surface area contributed by atoms with E-state index in [1.165, 1.54) is 19.3 Å². The summed E-state index contributed by atoms with van der Waals surface area (Å²) >= 11 is 0. The first kappa shape index (κ1) is 17.7. The quantitative estimate of drug-likeness (QED) is 0.868. The first-order valence-electron chi connectivity index (χ1n) is 8.89. The maximum Gasteiger partial charge on any atom is 0.410 e. The summed E-state index contributed by atoms with van der Waals surface area (Å²) in [5.74, 6) is 0.569. The lowest BCUT2D eigenvalue weighted by Crippen LogP contribution is -2.40. The van der Waals surface area contributed by atoms with Crippen LogP contribution >= 0.6 is 0 Å². The van der Waals surface area contributed by atoms with Crippen LogP contribution in [-0.4, -0.2) is 38.2 Å². The minimum absolute atomic E-state index is 0.0873. The van der Waals surface area contributed by atoms with Gasteiger partial charge in [0.2, 0.25) is 0 Å². The number of aliphatic hydroxyl groups is 1. The Morgan fingerprint density at radius 1 is 1.40 bits per heavy atom. The smallest absolute Gasteiger partial charge is 0.410 e. The van der Waals surface area contributed by atoms with Gasteiger partial charge in [-0.3, -0.25) is 4.98 Å². The van der Waals surface area contributed by atoms with Gasteiger partial charge in [0, 0.05) is 29.3 Å². The molecule has 6 heteroatoms. The highest BCUT2D eigenvalue weighted by molar-refractivity contribution is 5.80. The van der Waals surface area contributed by atoms with Crippen molar-refractivity contribution in [2.24, 2.45) is 5.92 Å². The largest absolute Gasteiger partial charge is 0.444 e. The van der Waals surface area contributed by atoms with Crippen LogP contribution in [0.1, 0.15) is 51.4 Å². The van der Waals surface area contributed by atoms with Crippen LogP contribution in [0.3, 0.4) is 0 Å².